The van der Waals surface area contributed by atoms with Crippen molar-refractivity contribution in [3.63, 3.8) is 0 Å². The van der Waals surface area contributed by atoms with Crippen molar-refractivity contribution in [2.24, 2.45) is 11.8 Å². The molecule has 0 N–H and O–H groups in total. The summed E-state index contributed by atoms with van der Waals surface area (Å²) in [5.41, 5.74) is 0. The van der Waals surface area contributed by atoms with Crippen molar-refractivity contribution >= 4 is 9.28 Å². The van der Waals surface area contributed by atoms with Crippen molar-refractivity contribution in [1.82, 2.24) is 0 Å². The van der Waals surface area contributed by atoms with Crippen LogP contribution in [0.15, 0.2) is 12.2 Å². The predicted molar refractivity (Wildman–Crippen MR) is 67.3 cm³/mol. The molecular formula is C13H23O2Si. The van der Waals surface area contributed by atoms with Crippen LogP contribution in [0.5, 0.6) is 0 Å². The van der Waals surface area contributed by atoms with E-state index in [-0.39, 0.29) is 5.04 Å². The SMILES string of the molecule is CCO[Si](OCC)C12C=CC(C1)C(CC)C2. The van der Waals surface area contributed by atoms with Gasteiger partial charge in [-0.15, -0.1) is 0 Å². The maximum Gasteiger partial charge on any atom is 0.395 e. The van der Waals surface area contributed by atoms with Gasteiger partial charge >= 0.3 is 9.28 Å². The Morgan fingerprint density at radius 2 is 1.88 bits per heavy atom. The van der Waals surface area contributed by atoms with Gasteiger partial charge in [-0.25, -0.2) is 0 Å². The number of hydrogen-bond acceptors (Lipinski definition) is 2. The molecule has 1 fully saturated rings. The van der Waals surface area contributed by atoms with Gasteiger partial charge in [0.15, 0.2) is 0 Å². The average molecular weight is 239 g/mol. The molecule has 91 valence electrons. The first-order chi connectivity index (χ1) is 7.75. The third-order valence-corrected chi connectivity index (χ3v) is 6.47. The maximum absolute atomic E-state index is 5.91. The van der Waals surface area contributed by atoms with Gasteiger partial charge in [0, 0.05) is 18.3 Å². The molecule has 1 radical (unpaired) electrons. The Labute approximate surface area is 101 Å². The topological polar surface area (TPSA) is 18.5 Å². The molecule has 2 rings (SSSR count). The summed E-state index contributed by atoms with van der Waals surface area (Å²) in [6, 6.07) is 0. The molecule has 2 nitrogen and oxygen atoms in total. The zero-order valence-electron chi connectivity index (χ0n) is 10.7. The molecule has 2 aliphatic rings. The van der Waals surface area contributed by atoms with Crippen LogP contribution in [-0.2, 0) is 8.85 Å². The number of hydrogen-bond donors (Lipinski definition) is 0. The Bertz CT molecular complexity index is 261. The normalized spacial score (nSPS) is 36.5. The minimum absolute atomic E-state index is 0.280. The molecular weight excluding hydrogens is 216 g/mol. The summed E-state index contributed by atoms with van der Waals surface area (Å²) in [5, 5.41) is 0.280. The molecule has 2 aliphatic carbocycles. The molecule has 0 aliphatic heterocycles. The Kier molecular flexibility index (Phi) is 3.87. The molecule has 0 aromatic heterocycles. The van der Waals surface area contributed by atoms with E-state index in [0.29, 0.717) is 0 Å². The van der Waals surface area contributed by atoms with Crippen LogP contribution >= 0.6 is 0 Å². The van der Waals surface area contributed by atoms with Crippen molar-refractivity contribution < 1.29 is 8.85 Å². The van der Waals surface area contributed by atoms with Gasteiger partial charge in [-0.05, 0) is 38.5 Å². The van der Waals surface area contributed by atoms with Crippen molar-refractivity contribution in [2.45, 2.75) is 45.1 Å². The fourth-order valence-corrected chi connectivity index (χ4v) is 5.48. The molecule has 3 unspecified atom stereocenters. The van der Waals surface area contributed by atoms with Crippen LogP contribution in [0.25, 0.3) is 0 Å². The van der Waals surface area contributed by atoms with Gasteiger partial charge in [0.05, 0.1) is 0 Å². The standard InChI is InChI=1S/C13H23O2Si/c1-4-11-9-13(8-7-12(11)10-13)16(14-5-2)15-6-3/h7-8,11-12H,4-6,9-10H2,1-3H3. The van der Waals surface area contributed by atoms with Gasteiger partial charge < -0.3 is 8.85 Å². The van der Waals surface area contributed by atoms with Gasteiger partial charge in [0.1, 0.15) is 0 Å². The number of allylic oxidation sites excluding steroid dienone is 2. The fourth-order valence-electron chi connectivity index (χ4n) is 3.23. The van der Waals surface area contributed by atoms with E-state index in [0.717, 1.165) is 25.0 Å². The Morgan fingerprint density at radius 1 is 1.19 bits per heavy atom. The largest absolute Gasteiger partial charge is 0.395 e. The zero-order chi connectivity index (χ0) is 11.6. The van der Waals surface area contributed by atoms with Crippen LogP contribution in [0.3, 0.4) is 0 Å². The highest BCUT2D eigenvalue weighted by molar-refractivity contribution is 6.49. The highest BCUT2D eigenvalue weighted by Gasteiger charge is 2.54. The van der Waals surface area contributed by atoms with E-state index in [2.05, 4.69) is 32.9 Å². The molecule has 3 atom stereocenters. The number of rotatable bonds is 6. The minimum Gasteiger partial charge on any atom is -0.393 e. The molecule has 0 aromatic carbocycles. The van der Waals surface area contributed by atoms with Crippen molar-refractivity contribution in [3.8, 4) is 0 Å². The summed E-state index contributed by atoms with van der Waals surface area (Å²) in [7, 11) is -1.12. The van der Waals surface area contributed by atoms with Crippen LogP contribution in [0.4, 0.5) is 0 Å². The second-order valence-electron chi connectivity index (χ2n) is 4.91. The third-order valence-electron chi connectivity index (χ3n) is 3.98. The monoisotopic (exact) mass is 239 g/mol. The van der Waals surface area contributed by atoms with Crippen LogP contribution in [-0.4, -0.2) is 22.5 Å². The summed E-state index contributed by atoms with van der Waals surface area (Å²) in [6.07, 6.45) is 8.69. The Morgan fingerprint density at radius 3 is 2.38 bits per heavy atom. The first kappa shape index (κ1) is 12.3. The summed E-state index contributed by atoms with van der Waals surface area (Å²) < 4.78 is 11.8. The van der Waals surface area contributed by atoms with Gasteiger partial charge in [0.25, 0.3) is 0 Å². The van der Waals surface area contributed by atoms with Crippen LogP contribution in [0.1, 0.15) is 40.0 Å². The molecule has 0 saturated heterocycles. The van der Waals surface area contributed by atoms with E-state index in [9.17, 15) is 0 Å². The van der Waals surface area contributed by atoms with Crippen molar-refractivity contribution in [2.75, 3.05) is 13.2 Å². The second kappa shape index (κ2) is 5.03. The lowest BCUT2D eigenvalue weighted by molar-refractivity contribution is 0.192. The molecule has 0 aromatic rings. The highest BCUT2D eigenvalue weighted by atomic mass is 28.3. The summed E-state index contributed by atoms with van der Waals surface area (Å²) in [4.78, 5) is 0. The van der Waals surface area contributed by atoms with Crippen molar-refractivity contribution in [3.05, 3.63) is 12.2 Å². The highest BCUT2D eigenvalue weighted by Crippen LogP contribution is 2.60. The van der Waals surface area contributed by atoms with E-state index in [4.69, 9.17) is 8.85 Å². The van der Waals surface area contributed by atoms with E-state index in [1.807, 2.05) is 0 Å². The smallest absolute Gasteiger partial charge is 0.393 e. The molecule has 16 heavy (non-hydrogen) atoms. The fraction of sp³-hybridized carbons (Fsp3) is 0.846. The summed E-state index contributed by atoms with van der Waals surface area (Å²) >= 11 is 0. The first-order valence-corrected chi connectivity index (χ1v) is 7.89. The molecule has 1 saturated carbocycles. The van der Waals surface area contributed by atoms with Gasteiger partial charge in [0.2, 0.25) is 0 Å². The lowest BCUT2D eigenvalue weighted by atomic mass is 9.91. The van der Waals surface area contributed by atoms with E-state index in [1.54, 1.807) is 0 Å². The van der Waals surface area contributed by atoms with Gasteiger partial charge in [-0.1, -0.05) is 25.5 Å². The van der Waals surface area contributed by atoms with E-state index in [1.165, 1.54) is 19.3 Å². The van der Waals surface area contributed by atoms with Crippen LogP contribution in [0, 0.1) is 11.8 Å². The minimum atomic E-state index is -1.12. The average Bonchev–Trinajstić information content (AvgIpc) is 2.87. The predicted octanol–water partition coefficient (Wildman–Crippen LogP) is 3.29. The Balaban J connectivity index is 2.09. The van der Waals surface area contributed by atoms with E-state index >= 15 is 0 Å². The Hall–Kier alpha value is -0.123. The number of fused-ring (bicyclic) bond motifs is 2. The van der Waals surface area contributed by atoms with Gasteiger partial charge in [-0.3, -0.25) is 0 Å². The van der Waals surface area contributed by atoms with Gasteiger partial charge in [-0.2, -0.15) is 0 Å². The maximum atomic E-state index is 5.91. The molecule has 0 amide bonds. The first-order valence-electron chi connectivity index (χ1n) is 6.58. The lowest BCUT2D eigenvalue weighted by Gasteiger charge is -2.30. The van der Waals surface area contributed by atoms with Crippen molar-refractivity contribution in [1.29, 1.82) is 0 Å². The van der Waals surface area contributed by atoms with Crippen LogP contribution in [0.2, 0.25) is 5.04 Å². The molecule has 0 heterocycles. The molecule has 3 heteroatoms. The second-order valence-corrected chi connectivity index (χ2v) is 7.06. The lowest BCUT2D eigenvalue weighted by Crippen LogP contribution is -2.36. The zero-order valence-corrected chi connectivity index (χ0v) is 11.7. The summed E-state index contributed by atoms with van der Waals surface area (Å²) in [6.45, 7) is 8.02. The summed E-state index contributed by atoms with van der Waals surface area (Å²) in [5.74, 6) is 1.66. The molecule has 0 spiro atoms. The van der Waals surface area contributed by atoms with E-state index < -0.39 is 9.28 Å². The quantitative estimate of drug-likeness (QED) is 0.523. The third kappa shape index (κ3) is 2.00. The molecule has 2 bridgehead atoms. The van der Waals surface area contributed by atoms with Crippen LogP contribution < -0.4 is 0 Å².